The average molecular weight is 642 g/mol. The van der Waals surface area contributed by atoms with Crippen molar-refractivity contribution in [2.45, 2.75) is 39.6 Å². The summed E-state index contributed by atoms with van der Waals surface area (Å²) in [6.07, 6.45) is 0.995. The third kappa shape index (κ3) is 7.98. The first-order chi connectivity index (χ1) is 22.1. The van der Waals surface area contributed by atoms with Crippen molar-refractivity contribution < 1.29 is 31.6 Å². The maximum absolute atomic E-state index is 12.9. The topological polar surface area (TPSA) is 119 Å². The summed E-state index contributed by atoms with van der Waals surface area (Å²) in [5.74, 6) is 0.533. The Labute approximate surface area is 268 Å². The van der Waals surface area contributed by atoms with Gasteiger partial charge in [0.05, 0.1) is 20.0 Å². The van der Waals surface area contributed by atoms with Crippen LogP contribution in [0.25, 0.3) is 16.9 Å². The van der Waals surface area contributed by atoms with Crippen LogP contribution in [0.2, 0.25) is 0 Å². The Kier molecular flexibility index (Phi) is 10.1. The van der Waals surface area contributed by atoms with Gasteiger partial charge in [0.2, 0.25) is 0 Å². The van der Waals surface area contributed by atoms with E-state index in [1.54, 1.807) is 28.9 Å². The molecule has 0 unspecified atom stereocenters. The van der Waals surface area contributed by atoms with Gasteiger partial charge in [-0.2, -0.15) is 8.42 Å². The summed E-state index contributed by atoms with van der Waals surface area (Å²) in [6, 6.07) is 30.4. The van der Waals surface area contributed by atoms with E-state index in [1.165, 1.54) is 7.11 Å². The van der Waals surface area contributed by atoms with E-state index in [9.17, 15) is 13.2 Å². The van der Waals surface area contributed by atoms with Crippen molar-refractivity contribution in [2.75, 3.05) is 13.4 Å². The molecule has 0 N–H and O–H groups in total. The van der Waals surface area contributed by atoms with Gasteiger partial charge in [-0.3, -0.25) is 4.18 Å². The molecule has 0 saturated heterocycles. The second-order valence-electron chi connectivity index (χ2n) is 10.9. The summed E-state index contributed by atoms with van der Waals surface area (Å²) < 4.78 is 47.3. The van der Waals surface area contributed by atoms with E-state index < -0.39 is 16.1 Å². The van der Waals surface area contributed by atoms with Crippen LogP contribution < -0.4 is 9.47 Å². The molecular formula is C35H35N3O7S. The standard InChI is InChI=1S/C35H35N3O7S/c1-24(2)29-19-30(32(44-22-26-13-9-6-10-14-26)20-31(29)43-21-25-11-7-5-8-12-25)38-34(33(36-37-38)35(39)42-3)28-17-15-27(16-18-28)23-45-46(4,40)41/h5-20,24H,21-23H2,1-4H3. The third-order valence-corrected chi connectivity index (χ3v) is 7.68. The molecule has 0 atom stereocenters. The van der Waals surface area contributed by atoms with Gasteiger partial charge in [-0.05, 0) is 34.2 Å². The van der Waals surface area contributed by atoms with Gasteiger partial charge >= 0.3 is 5.97 Å². The highest BCUT2D eigenvalue weighted by molar-refractivity contribution is 7.85. The number of rotatable bonds is 13. The Morgan fingerprint density at radius 2 is 1.35 bits per heavy atom. The van der Waals surface area contributed by atoms with Crippen molar-refractivity contribution in [3.8, 4) is 28.4 Å². The summed E-state index contributed by atoms with van der Waals surface area (Å²) >= 11 is 0. The van der Waals surface area contributed by atoms with E-state index in [-0.39, 0.29) is 24.8 Å². The highest BCUT2D eigenvalue weighted by Gasteiger charge is 2.26. The molecule has 0 radical (unpaired) electrons. The van der Waals surface area contributed by atoms with Gasteiger partial charge in [-0.25, -0.2) is 9.48 Å². The van der Waals surface area contributed by atoms with Gasteiger partial charge in [-0.1, -0.05) is 104 Å². The van der Waals surface area contributed by atoms with Crippen LogP contribution in [0.15, 0.2) is 97.1 Å². The Morgan fingerprint density at radius 1 is 0.783 bits per heavy atom. The van der Waals surface area contributed by atoms with Gasteiger partial charge < -0.3 is 14.2 Å². The first-order valence-electron chi connectivity index (χ1n) is 14.6. The predicted octanol–water partition coefficient (Wildman–Crippen LogP) is 6.48. The lowest BCUT2D eigenvalue weighted by molar-refractivity contribution is 0.0594. The summed E-state index contributed by atoms with van der Waals surface area (Å²) in [4.78, 5) is 12.9. The van der Waals surface area contributed by atoms with E-state index in [1.807, 2.05) is 72.8 Å². The van der Waals surface area contributed by atoms with E-state index in [0.717, 1.165) is 22.9 Å². The largest absolute Gasteiger partial charge is 0.488 e. The number of esters is 1. The van der Waals surface area contributed by atoms with Crippen LogP contribution in [0.1, 0.15) is 52.5 Å². The third-order valence-electron chi connectivity index (χ3n) is 7.13. The zero-order chi connectivity index (χ0) is 32.7. The maximum atomic E-state index is 12.9. The number of hydrogen-bond acceptors (Lipinski definition) is 9. The van der Waals surface area contributed by atoms with Crippen LogP contribution in [0.4, 0.5) is 0 Å². The van der Waals surface area contributed by atoms with Crippen LogP contribution in [0, 0.1) is 0 Å². The maximum Gasteiger partial charge on any atom is 0.360 e. The molecule has 5 rings (SSSR count). The second kappa shape index (κ2) is 14.4. The van der Waals surface area contributed by atoms with E-state index in [2.05, 4.69) is 24.2 Å². The normalized spacial score (nSPS) is 11.4. The van der Waals surface area contributed by atoms with Crippen LogP contribution >= 0.6 is 0 Å². The van der Waals surface area contributed by atoms with Crippen LogP contribution in [0.3, 0.4) is 0 Å². The first-order valence-corrected chi connectivity index (χ1v) is 16.4. The summed E-state index contributed by atoms with van der Waals surface area (Å²) in [5, 5.41) is 8.61. The monoisotopic (exact) mass is 641 g/mol. The zero-order valence-corrected chi connectivity index (χ0v) is 26.9. The van der Waals surface area contributed by atoms with Crippen LogP contribution in [0.5, 0.6) is 11.5 Å². The van der Waals surface area contributed by atoms with Crippen molar-refractivity contribution in [3.05, 3.63) is 125 Å². The predicted molar refractivity (Wildman–Crippen MR) is 173 cm³/mol. The number of benzene rings is 4. The SMILES string of the molecule is COC(=O)c1nnn(-c2cc(C(C)C)c(OCc3ccccc3)cc2OCc2ccccc2)c1-c1ccc(COS(C)(=O)=O)cc1. The molecule has 0 amide bonds. The number of hydrogen-bond donors (Lipinski definition) is 0. The van der Waals surface area contributed by atoms with Gasteiger partial charge in [0.15, 0.2) is 5.69 Å². The highest BCUT2D eigenvalue weighted by atomic mass is 32.2. The Morgan fingerprint density at radius 3 is 1.89 bits per heavy atom. The van der Waals surface area contributed by atoms with Crippen molar-refractivity contribution in [3.63, 3.8) is 0 Å². The molecule has 238 valence electrons. The minimum atomic E-state index is -3.61. The number of nitrogens with zero attached hydrogens (tertiary/aromatic N) is 3. The smallest absolute Gasteiger partial charge is 0.360 e. The van der Waals surface area contributed by atoms with Crippen molar-refractivity contribution in [1.82, 2.24) is 15.0 Å². The van der Waals surface area contributed by atoms with Crippen molar-refractivity contribution >= 4 is 16.1 Å². The lowest BCUT2D eigenvalue weighted by Crippen LogP contribution is -2.09. The molecule has 5 aromatic rings. The Hall–Kier alpha value is -5.00. The fourth-order valence-corrected chi connectivity index (χ4v) is 5.12. The number of methoxy groups -OCH3 is 1. The van der Waals surface area contributed by atoms with E-state index >= 15 is 0 Å². The van der Waals surface area contributed by atoms with Gasteiger partial charge in [0.1, 0.15) is 36.1 Å². The van der Waals surface area contributed by atoms with Gasteiger partial charge in [0.25, 0.3) is 10.1 Å². The molecule has 0 bridgehead atoms. The lowest BCUT2D eigenvalue weighted by Gasteiger charge is -2.20. The van der Waals surface area contributed by atoms with Gasteiger partial charge in [-0.15, -0.1) is 5.10 Å². The fraction of sp³-hybridized carbons (Fsp3) is 0.229. The van der Waals surface area contributed by atoms with Crippen molar-refractivity contribution in [1.29, 1.82) is 0 Å². The quantitative estimate of drug-likeness (QED) is 0.105. The minimum Gasteiger partial charge on any atom is -0.488 e. The summed E-state index contributed by atoms with van der Waals surface area (Å²) in [5.41, 5.74) is 5.06. The summed E-state index contributed by atoms with van der Waals surface area (Å²) in [6.45, 7) is 4.65. The lowest BCUT2D eigenvalue weighted by atomic mass is 10.00. The highest BCUT2D eigenvalue weighted by Crippen LogP contribution is 2.39. The zero-order valence-electron chi connectivity index (χ0n) is 26.0. The number of carbonyl (C=O) groups excluding carboxylic acids is 1. The molecule has 0 spiro atoms. The molecule has 0 aliphatic carbocycles. The van der Waals surface area contributed by atoms with Gasteiger partial charge in [0, 0.05) is 11.6 Å². The van der Waals surface area contributed by atoms with Crippen LogP contribution in [-0.2, 0) is 38.9 Å². The Balaban J connectivity index is 1.62. The number of aromatic nitrogens is 3. The molecule has 0 aliphatic rings. The molecule has 4 aromatic carbocycles. The number of ether oxygens (including phenoxy) is 3. The van der Waals surface area contributed by atoms with Crippen molar-refractivity contribution in [2.24, 2.45) is 0 Å². The average Bonchev–Trinajstić information content (AvgIpc) is 3.50. The molecule has 46 heavy (non-hydrogen) atoms. The Bertz CT molecular complexity index is 1890. The molecule has 1 heterocycles. The molecule has 10 nitrogen and oxygen atoms in total. The molecule has 0 saturated carbocycles. The summed E-state index contributed by atoms with van der Waals surface area (Å²) in [7, 11) is -2.34. The van der Waals surface area contributed by atoms with E-state index in [4.69, 9.17) is 18.4 Å². The molecule has 11 heteroatoms. The molecule has 0 fully saturated rings. The minimum absolute atomic E-state index is 0.00662. The fourth-order valence-electron chi connectivity index (χ4n) is 4.77. The molecule has 1 aromatic heterocycles. The molecular weight excluding hydrogens is 606 g/mol. The van der Waals surface area contributed by atoms with E-state index in [0.29, 0.717) is 40.6 Å². The second-order valence-corrected chi connectivity index (χ2v) is 12.6. The van der Waals surface area contributed by atoms with Crippen LogP contribution in [-0.4, -0.2) is 42.7 Å². The number of carbonyl (C=O) groups is 1. The molecule has 0 aliphatic heterocycles. The first kappa shape index (κ1) is 32.4.